The number of nitrogens with zero attached hydrogens (tertiary/aromatic N) is 1. The minimum atomic E-state index is -0.995. The van der Waals surface area contributed by atoms with Crippen LogP contribution < -0.4 is 0 Å². The summed E-state index contributed by atoms with van der Waals surface area (Å²) >= 11 is 2.21. The van der Waals surface area contributed by atoms with Crippen LogP contribution in [0.1, 0.15) is 10.5 Å². The van der Waals surface area contributed by atoms with Crippen LogP contribution in [0.5, 0.6) is 0 Å². The van der Waals surface area contributed by atoms with Gasteiger partial charge < -0.3 is 5.11 Å². The summed E-state index contributed by atoms with van der Waals surface area (Å²) < 4.78 is 1.11. The van der Waals surface area contributed by atoms with Crippen molar-refractivity contribution in [1.29, 1.82) is 0 Å². The lowest BCUT2D eigenvalue weighted by Crippen LogP contribution is -1.99. The SMILES string of the molecule is O=C(O)c1ccc2cc(I)ccc2n1. The minimum Gasteiger partial charge on any atom is -0.477 e. The molecule has 0 aliphatic rings. The summed E-state index contributed by atoms with van der Waals surface area (Å²) in [6.45, 7) is 0. The van der Waals surface area contributed by atoms with Gasteiger partial charge in [-0.1, -0.05) is 6.07 Å². The minimum absolute atomic E-state index is 0.0821. The van der Waals surface area contributed by atoms with Gasteiger partial charge in [0.15, 0.2) is 0 Å². The van der Waals surface area contributed by atoms with Crippen molar-refractivity contribution < 1.29 is 9.90 Å². The highest BCUT2D eigenvalue weighted by Gasteiger charge is 2.04. The van der Waals surface area contributed by atoms with Gasteiger partial charge in [0.05, 0.1) is 5.52 Å². The van der Waals surface area contributed by atoms with E-state index in [1.165, 1.54) is 6.07 Å². The summed E-state index contributed by atoms with van der Waals surface area (Å²) in [5.41, 5.74) is 0.795. The Morgan fingerprint density at radius 1 is 1.29 bits per heavy atom. The zero-order valence-electron chi connectivity index (χ0n) is 7.07. The molecule has 3 nitrogen and oxygen atoms in total. The molecule has 14 heavy (non-hydrogen) atoms. The molecule has 1 heterocycles. The number of halogens is 1. The second kappa shape index (κ2) is 3.53. The third-order valence-electron chi connectivity index (χ3n) is 1.87. The van der Waals surface area contributed by atoms with E-state index in [-0.39, 0.29) is 5.69 Å². The number of aromatic nitrogens is 1. The van der Waals surface area contributed by atoms with Crippen molar-refractivity contribution >= 4 is 39.5 Å². The zero-order valence-corrected chi connectivity index (χ0v) is 9.22. The Morgan fingerprint density at radius 3 is 2.79 bits per heavy atom. The van der Waals surface area contributed by atoms with Crippen LogP contribution in [0, 0.1) is 3.57 Å². The molecule has 0 unspecified atom stereocenters. The van der Waals surface area contributed by atoms with Crippen molar-refractivity contribution in [3.05, 3.63) is 39.6 Å². The molecule has 1 aromatic carbocycles. The fourth-order valence-electron chi connectivity index (χ4n) is 1.22. The molecular weight excluding hydrogens is 293 g/mol. The quantitative estimate of drug-likeness (QED) is 0.823. The Bertz CT molecular complexity index is 510. The molecular formula is C10H6INO2. The lowest BCUT2D eigenvalue weighted by molar-refractivity contribution is 0.0691. The van der Waals surface area contributed by atoms with Crippen LogP contribution in [0.4, 0.5) is 0 Å². The number of benzene rings is 1. The molecule has 0 fully saturated rings. The second-order valence-corrected chi connectivity index (χ2v) is 4.08. The van der Waals surface area contributed by atoms with Gasteiger partial charge in [-0.05, 0) is 46.9 Å². The average molecular weight is 299 g/mol. The smallest absolute Gasteiger partial charge is 0.354 e. The van der Waals surface area contributed by atoms with Gasteiger partial charge in [0.2, 0.25) is 0 Å². The molecule has 0 atom stereocenters. The number of rotatable bonds is 1. The molecule has 0 spiro atoms. The van der Waals surface area contributed by atoms with E-state index in [2.05, 4.69) is 27.6 Å². The predicted octanol–water partition coefficient (Wildman–Crippen LogP) is 2.54. The van der Waals surface area contributed by atoms with Crippen LogP contribution in [0.25, 0.3) is 10.9 Å². The maximum Gasteiger partial charge on any atom is 0.354 e. The highest BCUT2D eigenvalue weighted by molar-refractivity contribution is 14.1. The Balaban J connectivity index is 2.67. The van der Waals surface area contributed by atoms with Gasteiger partial charge in [0.25, 0.3) is 0 Å². The summed E-state index contributed by atoms with van der Waals surface area (Å²) in [4.78, 5) is 14.7. The van der Waals surface area contributed by atoms with Gasteiger partial charge in [-0.15, -0.1) is 0 Å². The van der Waals surface area contributed by atoms with Gasteiger partial charge in [-0.3, -0.25) is 0 Å². The maximum absolute atomic E-state index is 10.6. The van der Waals surface area contributed by atoms with Crippen molar-refractivity contribution in [1.82, 2.24) is 4.98 Å². The molecule has 1 aromatic heterocycles. The molecule has 0 bridgehead atoms. The monoisotopic (exact) mass is 299 g/mol. The Morgan fingerprint density at radius 2 is 2.07 bits per heavy atom. The number of carboxylic acids is 1. The lowest BCUT2D eigenvalue weighted by atomic mass is 10.2. The standard InChI is InChI=1S/C10H6INO2/c11-7-2-4-8-6(5-7)1-3-9(12-8)10(13)14/h1-5H,(H,13,14). The number of pyridine rings is 1. The molecule has 0 radical (unpaired) electrons. The summed E-state index contributed by atoms with van der Waals surface area (Å²) in [6, 6.07) is 8.98. The van der Waals surface area contributed by atoms with Gasteiger partial charge >= 0.3 is 5.97 Å². The Hall–Kier alpha value is -1.17. The fourth-order valence-corrected chi connectivity index (χ4v) is 1.73. The van der Waals surface area contributed by atoms with E-state index >= 15 is 0 Å². The second-order valence-electron chi connectivity index (χ2n) is 2.84. The van der Waals surface area contributed by atoms with Crippen molar-refractivity contribution in [2.75, 3.05) is 0 Å². The number of hydrogen-bond donors (Lipinski definition) is 1. The van der Waals surface area contributed by atoms with E-state index in [0.29, 0.717) is 5.52 Å². The fraction of sp³-hybridized carbons (Fsp3) is 0. The largest absolute Gasteiger partial charge is 0.477 e. The molecule has 2 aromatic rings. The van der Waals surface area contributed by atoms with Crippen LogP contribution in [0.2, 0.25) is 0 Å². The number of carbonyl (C=O) groups is 1. The van der Waals surface area contributed by atoms with Gasteiger partial charge in [-0.25, -0.2) is 9.78 Å². The summed E-state index contributed by atoms with van der Waals surface area (Å²) in [7, 11) is 0. The highest BCUT2D eigenvalue weighted by atomic mass is 127. The van der Waals surface area contributed by atoms with Gasteiger partial charge in [-0.2, -0.15) is 0 Å². The van der Waals surface area contributed by atoms with Crippen molar-refractivity contribution in [2.45, 2.75) is 0 Å². The first kappa shape index (κ1) is 9.39. The van der Waals surface area contributed by atoms with Crippen molar-refractivity contribution in [3.8, 4) is 0 Å². The molecule has 0 aliphatic carbocycles. The van der Waals surface area contributed by atoms with Gasteiger partial charge in [0, 0.05) is 8.96 Å². The van der Waals surface area contributed by atoms with E-state index in [0.717, 1.165) is 8.96 Å². The van der Waals surface area contributed by atoms with Crippen LogP contribution in [0.15, 0.2) is 30.3 Å². The zero-order chi connectivity index (χ0) is 10.1. The number of hydrogen-bond acceptors (Lipinski definition) is 2. The van der Waals surface area contributed by atoms with Crippen LogP contribution >= 0.6 is 22.6 Å². The highest BCUT2D eigenvalue weighted by Crippen LogP contribution is 2.16. The normalized spacial score (nSPS) is 10.4. The van der Waals surface area contributed by atoms with Crippen LogP contribution in [-0.2, 0) is 0 Å². The van der Waals surface area contributed by atoms with E-state index in [1.54, 1.807) is 6.07 Å². The topological polar surface area (TPSA) is 50.2 Å². The summed E-state index contributed by atoms with van der Waals surface area (Å²) in [5, 5.41) is 9.69. The lowest BCUT2D eigenvalue weighted by Gasteiger charge is -1.99. The van der Waals surface area contributed by atoms with Crippen LogP contribution in [-0.4, -0.2) is 16.1 Å². The molecule has 70 valence electrons. The van der Waals surface area contributed by atoms with Crippen molar-refractivity contribution in [3.63, 3.8) is 0 Å². The third-order valence-corrected chi connectivity index (χ3v) is 2.54. The summed E-state index contributed by atoms with van der Waals surface area (Å²) in [5.74, 6) is -0.995. The van der Waals surface area contributed by atoms with E-state index in [4.69, 9.17) is 5.11 Å². The number of fused-ring (bicyclic) bond motifs is 1. The molecule has 1 N–H and O–H groups in total. The maximum atomic E-state index is 10.6. The first-order valence-corrected chi connectivity index (χ1v) is 5.04. The van der Waals surface area contributed by atoms with Crippen LogP contribution in [0.3, 0.4) is 0 Å². The molecule has 0 aliphatic heterocycles. The summed E-state index contributed by atoms with van der Waals surface area (Å²) in [6.07, 6.45) is 0. The van der Waals surface area contributed by atoms with Gasteiger partial charge in [0.1, 0.15) is 5.69 Å². The predicted molar refractivity (Wildman–Crippen MR) is 61.4 cm³/mol. The third kappa shape index (κ3) is 1.70. The molecule has 0 saturated heterocycles. The first-order chi connectivity index (χ1) is 6.66. The molecule has 2 rings (SSSR count). The Kier molecular flexibility index (Phi) is 2.37. The average Bonchev–Trinajstić information content (AvgIpc) is 2.16. The number of carboxylic acid groups (broad SMARTS) is 1. The molecule has 0 saturated carbocycles. The molecule has 0 amide bonds. The van der Waals surface area contributed by atoms with Crippen molar-refractivity contribution in [2.24, 2.45) is 0 Å². The first-order valence-electron chi connectivity index (χ1n) is 3.96. The number of aromatic carboxylic acids is 1. The van der Waals surface area contributed by atoms with E-state index < -0.39 is 5.97 Å². The van der Waals surface area contributed by atoms with E-state index in [9.17, 15) is 4.79 Å². The molecule has 4 heteroatoms. The van der Waals surface area contributed by atoms with E-state index in [1.807, 2.05) is 18.2 Å². The Labute approximate surface area is 93.9 Å².